The monoisotopic (exact) mass is 236 g/mol. The van der Waals surface area contributed by atoms with Crippen LogP contribution in [0.4, 0.5) is 0 Å². The highest BCUT2D eigenvalue weighted by atomic mass is 35.5. The molecule has 4 heteroatoms. The lowest BCUT2D eigenvalue weighted by molar-refractivity contribution is 0.461. The molecule has 84 valence electrons. The lowest BCUT2D eigenvalue weighted by Crippen LogP contribution is -1.95. The molecule has 0 saturated heterocycles. The van der Waals surface area contributed by atoms with Crippen molar-refractivity contribution < 1.29 is 4.42 Å². The van der Waals surface area contributed by atoms with Gasteiger partial charge in [0.1, 0.15) is 11.5 Å². The van der Waals surface area contributed by atoms with E-state index in [4.69, 9.17) is 21.8 Å². The molecule has 0 spiro atoms. The number of hydrogen-bond acceptors (Lipinski definition) is 3. The van der Waals surface area contributed by atoms with E-state index in [2.05, 4.69) is 4.98 Å². The third-order valence-electron chi connectivity index (χ3n) is 2.34. The van der Waals surface area contributed by atoms with E-state index in [1.165, 1.54) is 0 Å². The van der Waals surface area contributed by atoms with Crippen molar-refractivity contribution in [3.63, 3.8) is 0 Å². The van der Waals surface area contributed by atoms with Gasteiger partial charge in [0.25, 0.3) is 0 Å². The Morgan fingerprint density at radius 3 is 2.88 bits per heavy atom. The minimum atomic E-state index is 0.313. The molecule has 1 aromatic carbocycles. The Morgan fingerprint density at radius 1 is 1.44 bits per heavy atom. The molecule has 0 amide bonds. The first kappa shape index (κ1) is 11.2. The first-order chi connectivity index (χ1) is 7.74. The molecule has 0 aliphatic rings. The molecular formula is C12H13ClN2O. The highest BCUT2D eigenvalue weighted by Gasteiger charge is 2.12. The summed E-state index contributed by atoms with van der Waals surface area (Å²) in [6, 6.07) is 7.57. The van der Waals surface area contributed by atoms with Crippen molar-refractivity contribution in [1.29, 1.82) is 0 Å². The summed E-state index contributed by atoms with van der Waals surface area (Å²) in [4.78, 5) is 4.36. The minimum Gasteiger partial charge on any atom is -0.444 e. The van der Waals surface area contributed by atoms with Gasteiger partial charge in [0.05, 0.1) is 6.54 Å². The second-order valence-electron chi connectivity index (χ2n) is 3.45. The molecule has 2 N–H and O–H groups in total. The molecule has 0 unspecified atom stereocenters. The molecule has 1 heterocycles. The third-order valence-corrected chi connectivity index (χ3v) is 2.57. The summed E-state index contributed by atoms with van der Waals surface area (Å²) in [5.74, 6) is 1.41. The lowest BCUT2D eigenvalue weighted by atomic mass is 10.1. The first-order valence-electron chi connectivity index (χ1n) is 5.19. The zero-order valence-corrected chi connectivity index (χ0v) is 9.79. The number of nitrogens with zero attached hydrogens (tertiary/aromatic N) is 1. The van der Waals surface area contributed by atoms with Gasteiger partial charge in [-0.1, -0.05) is 30.7 Å². The van der Waals surface area contributed by atoms with Gasteiger partial charge >= 0.3 is 0 Å². The smallest absolute Gasteiger partial charge is 0.208 e. The Labute approximate surface area is 99.2 Å². The fourth-order valence-electron chi connectivity index (χ4n) is 1.59. The molecule has 3 nitrogen and oxygen atoms in total. The van der Waals surface area contributed by atoms with Gasteiger partial charge in [-0.2, -0.15) is 0 Å². The highest BCUT2D eigenvalue weighted by molar-refractivity contribution is 6.30. The van der Waals surface area contributed by atoms with Crippen molar-refractivity contribution in [3.8, 4) is 11.3 Å². The maximum absolute atomic E-state index is 5.95. The first-order valence-corrected chi connectivity index (χ1v) is 5.57. The summed E-state index contributed by atoms with van der Waals surface area (Å²) in [7, 11) is 0. The van der Waals surface area contributed by atoms with Gasteiger partial charge in [-0.25, -0.2) is 4.98 Å². The van der Waals surface area contributed by atoms with Crippen LogP contribution in [0.2, 0.25) is 5.02 Å². The molecule has 2 rings (SSSR count). The Hall–Kier alpha value is -1.32. The molecule has 2 aromatic rings. The number of oxazole rings is 1. The van der Waals surface area contributed by atoms with Crippen LogP contribution in [0.5, 0.6) is 0 Å². The van der Waals surface area contributed by atoms with Crippen LogP contribution in [0.25, 0.3) is 11.3 Å². The standard InChI is InChI=1S/C12H13ClN2O/c1-2-10-12(15-11(7-14)16-10)8-4-3-5-9(13)6-8/h3-6H,2,7,14H2,1H3. The van der Waals surface area contributed by atoms with Crippen LogP contribution < -0.4 is 5.73 Å². The predicted molar refractivity (Wildman–Crippen MR) is 64.2 cm³/mol. The van der Waals surface area contributed by atoms with E-state index in [0.29, 0.717) is 17.5 Å². The molecule has 0 aliphatic heterocycles. The lowest BCUT2D eigenvalue weighted by Gasteiger charge is -1.98. The molecule has 0 bridgehead atoms. The summed E-state index contributed by atoms with van der Waals surface area (Å²) in [6.45, 7) is 2.34. The molecule has 0 fully saturated rings. The zero-order valence-electron chi connectivity index (χ0n) is 9.03. The van der Waals surface area contributed by atoms with E-state index in [0.717, 1.165) is 23.4 Å². The Morgan fingerprint density at radius 2 is 2.25 bits per heavy atom. The second kappa shape index (κ2) is 4.68. The molecular weight excluding hydrogens is 224 g/mol. The van der Waals surface area contributed by atoms with E-state index >= 15 is 0 Å². The van der Waals surface area contributed by atoms with Gasteiger partial charge in [-0.15, -0.1) is 0 Å². The van der Waals surface area contributed by atoms with Crippen molar-refractivity contribution in [2.24, 2.45) is 5.73 Å². The zero-order chi connectivity index (χ0) is 11.5. The number of benzene rings is 1. The second-order valence-corrected chi connectivity index (χ2v) is 3.88. The van der Waals surface area contributed by atoms with E-state index in [1.54, 1.807) is 0 Å². The quantitative estimate of drug-likeness (QED) is 0.891. The molecule has 0 aliphatic carbocycles. The van der Waals surface area contributed by atoms with Gasteiger partial charge in [-0.3, -0.25) is 0 Å². The molecule has 0 radical (unpaired) electrons. The van der Waals surface area contributed by atoms with Crippen LogP contribution in [0.3, 0.4) is 0 Å². The van der Waals surface area contributed by atoms with Crippen molar-refractivity contribution in [3.05, 3.63) is 40.9 Å². The molecule has 16 heavy (non-hydrogen) atoms. The largest absolute Gasteiger partial charge is 0.444 e. The topological polar surface area (TPSA) is 52.0 Å². The average molecular weight is 237 g/mol. The van der Waals surface area contributed by atoms with Crippen LogP contribution in [0, 0.1) is 0 Å². The Kier molecular flexibility index (Phi) is 3.27. The summed E-state index contributed by atoms with van der Waals surface area (Å²) < 4.78 is 5.53. The van der Waals surface area contributed by atoms with Crippen molar-refractivity contribution >= 4 is 11.6 Å². The fraction of sp³-hybridized carbons (Fsp3) is 0.250. The van der Waals surface area contributed by atoms with Crippen LogP contribution >= 0.6 is 11.6 Å². The van der Waals surface area contributed by atoms with Crippen LogP contribution in [-0.2, 0) is 13.0 Å². The van der Waals surface area contributed by atoms with E-state index in [1.807, 2.05) is 31.2 Å². The van der Waals surface area contributed by atoms with Crippen molar-refractivity contribution in [2.75, 3.05) is 0 Å². The number of aryl methyl sites for hydroxylation is 1. The van der Waals surface area contributed by atoms with E-state index < -0.39 is 0 Å². The van der Waals surface area contributed by atoms with Crippen molar-refractivity contribution in [1.82, 2.24) is 4.98 Å². The van der Waals surface area contributed by atoms with Gasteiger partial charge in [0, 0.05) is 17.0 Å². The number of rotatable bonds is 3. The van der Waals surface area contributed by atoms with Gasteiger partial charge in [-0.05, 0) is 12.1 Å². The summed E-state index contributed by atoms with van der Waals surface area (Å²) >= 11 is 5.95. The average Bonchev–Trinajstić information content (AvgIpc) is 2.72. The van der Waals surface area contributed by atoms with Gasteiger partial charge in [0.2, 0.25) is 5.89 Å². The highest BCUT2D eigenvalue weighted by Crippen LogP contribution is 2.26. The number of halogens is 1. The number of nitrogens with two attached hydrogens (primary N) is 1. The normalized spacial score (nSPS) is 10.7. The molecule has 1 aromatic heterocycles. The summed E-state index contributed by atoms with van der Waals surface area (Å²) in [6.07, 6.45) is 0.787. The Bertz CT molecular complexity index is 494. The maximum Gasteiger partial charge on any atom is 0.208 e. The third kappa shape index (κ3) is 2.10. The Balaban J connectivity index is 2.50. The summed E-state index contributed by atoms with van der Waals surface area (Å²) in [5.41, 5.74) is 7.32. The number of hydrogen-bond donors (Lipinski definition) is 1. The van der Waals surface area contributed by atoms with Crippen LogP contribution in [-0.4, -0.2) is 4.98 Å². The summed E-state index contributed by atoms with van der Waals surface area (Å²) in [5, 5.41) is 0.692. The maximum atomic E-state index is 5.95. The molecule has 0 atom stereocenters. The fourth-order valence-corrected chi connectivity index (χ4v) is 1.78. The molecule has 0 saturated carbocycles. The minimum absolute atomic E-state index is 0.313. The van der Waals surface area contributed by atoms with Crippen LogP contribution in [0.15, 0.2) is 28.7 Å². The van der Waals surface area contributed by atoms with Crippen LogP contribution in [0.1, 0.15) is 18.6 Å². The van der Waals surface area contributed by atoms with Gasteiger partial charge in [0.15, 0.2) is 0 Å². The van der Waals surface area contributed by atoms with E-state index in [9.17, 15) is 0 Å². The van der Waals surface area contributed by atoms with E-state index in [-0.39, 0.29) is 0 Å². The number of aromatic nitrogens is 1. The predicted octanol–water partition coefficient (Wildman–Crippen LogP) is 3.02. The van der Waals surface area contributed by atoms with Gasteiger partial charge < -0.3 is 10.2 Å². The SMILES string of the molecule is CCc1oc(CN)nc1-c1cccc(Cl)c1. The van der Waals surface area contributed by atoms with Crippen molar-refractivity contribution in [2.45, 2.75) is 19.9 Å².